The van der Waals surface area contributed by atoms with Gasteiger partial charge in [0.25, 0.3) is 0 Å². The summed E-state index contributed by atoms with van der Waals surface area (Å²) in [4.78, 5) is 24.7. The number of hydrogen-bond donors (Lipinski definition) is 0. The molecule has 1 aromatic rings. The third-order valence-electron chi connectivity index (χ3n) is 5.28. The van der Waals surface area contributed by atoms with Crippen molar-refractivity contribution in [2.45, 2.75) is 71.6 Å². The summed E-state index contributed by atoms with van der Waals surface area (Å²) in [7, 11) is 0. The van der Waals surface area contributed by atoms with Crippen molar-refractivity contribution >= 4 is 11.6 Å². The molecular formula is C22H32O3. The van der Waals surface area contributed by atoms with Crippen LogP contribution in [0.4, 0.5) is 0 Å². The molecule has 0 aliphatic heterocycles. The molecule has 2 atom stereocenters. The largest absolute Gasteiger partial charge is 0.494 e. The molecule has 1 aliphatic rings. The molecule has 138 valence electrons. The number of rotatable bonds is 10. The van der Waals surface area contributed by atoms with Crippen molar-refractivity contribution in [2.24, 2.45) is 11.8 Å². The maximum absolute atomic E-state index is 12.5. The Morgan fingerprint density at radius 1 is 1.08 bits per heavy atom. The molecule has 1 aliphatic carbocycles. The fraction of sp³-hybridized carbons (Fsp3) is 0.636. The van der Waals surface area contributed by atoms with E-state index in [0.717, 1.165) is 43.6 Å². The average Bonchev–Trinajstić information content (AvgIpc) is 2.62. The number of hydrogen-bond acceptors (Lipinski definition) is 3. The topological polar surface area (TPSA) is 43.4 Å². The predicted molar refractivity (Wildman–Crippen MR) is 101 cm³/mol. The van der Waals surface area contributed by atoms with E-state index in [4.69, 9.17) is 4.74 Å². The van der Waals surface area contributed by atoms with Gasteiger partial charge in [0.05, 0.1) is 12.5 Å². The van der Waals surface area contributed by atoms with Gasteiger partial charge < -0.3 is 4.74 Å². The van der Waals surface area contributed by atoms with Gasteiger partial charge in [-0.2, -0.15) is 0 Å². The zero-order chi connectivity index (χ0) is 18.1. The lowest BCUT2D eigenvalue weighted by Gasteiger charge is -2.25. The zero-order valence-electron chi connectivity index (χ0n) is 15.8. The van der Waals surface area contributed by atoms with Crippen LogP contribution in [0.3, 0.4) is 0 Å². The first kappa shape index (κ1) is 19.7. The van der Waals surface area contributed by atoms with Crippen molar-refractivity contribution in [3.8, 4) is 5.75 Å². The minimum atomic E-state index is -0.378. The first-order valence-electron chi connectivity index (χ1n) is 9.91. The summed E-state index contributed by atoms with van der Waals surface area (Å²) in [5.74, 6) is 1.18. The maximum atomic E-state index is 12.5. The van der Waals surface area contributed by atoms with Crippen LogP contribution in [0.2, 0.25) is 0 Å². The highest BCUT2D eigenvalue weighted by Gasteiger charge is 2.32. The highest BCUT2D eigenvalue weighted by molar-refractivity contribution is 6.03. The molecule has 3 nitrogen and oxygen atoms in total. The number of unbranched alkanes of at least 4 members (excludes halogenated alkanes) is 3. The summed E-state index contributed by atoms with van der Waals surface area (Å²) in [6, 6.07) is 7.75. The molecule has 0 N–H and O–H groups in total. The average molecular weight is 344 g/mol. The van der Waals surface area contributed by atoms with Gasteiger partial charge in [-0.3, -0.25) is 9.59 Å². The number of Topliss-reactive ketones (excluding diaryl/α,β-unsaturated/α-hetero) is 2. The molecule has 25 heavy (non-hydrogen) atoms. The Labute approximate surface area is 152 Å². The van der Waals surface area contributed by atoms with Crippen LogP contribution < -0.4 is 4.74 Å². The zero-order valence-corrected chi connectivity index (χ0v) is 15.8. The Balaban J connectivity index is 1.78. The van der Waals surface area contributed by atoms with Crippen molar-refractivity contribution in [3.05, 3.63) is 29.8 Å². The van der Waals surface area contributed by atoms with E-state index >= 15 is 0 Å². The van der Waals surface area contributed by atoms with Crippen molar-refractivity contribution in [3.63, 3.8) is 0 Å². The molecule has 0 heterocycles. The van der Waals surface area contributed by atoms with Crippen molar-refractivity contribution in [1.82, 2.24) is 0 Å². The predicted octanol–water partition coefficient (Wildman–Crippen LogP) is 5.15. The summed E-state index contributed by atoms with van der Waals surface area (Å²) in [5.41, 5.74) is 0.966. The van der Waals surface area contributed by atoms with Gasteiger partial charge in [-0.05, 0) is 42.9 Å². The number of benzene rings is 1. The van der Waals surface area contributed by atoms with E-state index in [1.807, 2.05) is 24.3 Å². The quantitative estimate of drug-likeness (QED) is 0.435. The lowest BCUT2D eigenvalue weighted by molar-refractivity contribution is -0.135. The standard InChI is InChI=1S/C22H32O3/c1-3-5-6-7-14-25-19-11-8-18(9-12-19)16-22(24)20-13-10-17(4-2)15-21(20)23/h8-9,11-12,17,20H,3-7,10,13-16H2,1-2H3. The van der Waals surface area contributed by atoms with E-state index in [0.29, 0.717) is 18.8 Å². The van der Waals surface area contributed by atoms with Crippen LogP contribution in [-0.2, 0) is 16.0 Å². The Morgan fingerprint density at radius 3 is 2.48 bits per heavy atom. The van der Waals surface area contributed by atoms with Gasteiger partial charge in [-0.1, -0.05) is 51.7 Å². The van der Waals surface area contributed by atoms with Gasteiger partial charge in [-0.25, -0.2) is 0 Å². The van der Waals surface area contributed by atoms with Gasteiger partial charge >= 0.3 is 0 Å². The van der Waals surface area contributed by atoms with E-state index in [2.05, 4.69) is 13.8 Å². The Morgan fingerprint density at radius 2 is 1.84 bits per heavy atom. The summed E-state index contributed by atoms with van der Waals surface area (Å²) in [5, 5.41) is 0. The smallest absolute Gasteiger partial charge is 0.147 e. The van der Waals surface area contributed by atoms with Crippen molar-refractivity contribution in [1.29, 1.82) is 0 Å². The van der Waals surface area contributed by atoms with Gasteiger partial charge in [0.15, 0.2) is 0 Å². The lowest BCUT2D eigenvalue weighted by atomic mass is 9.77. The van der Waals surface area contributed by atoms with Crippen LogP contribution in [0.1, 0.15) is 70.8 Å². The second kappa shape index (κ2) is 10.4. The fourth-order valence-corrected chi connectivity index (χ4v) is 3.53. The summed E-state index contributed by atoms with van der Waals surface area (Å²) >= 11 is 0. The number of carbonyl (C=O) groups excluding carboxylic acids is 2. The summed E-state index contributed by atoms with van der Waals surface area (Å²) < 4.78 is 5.73. The number of ketones is 2. The molecule has 1 saturated carbocycles. The highest BCUT2D eigenvalue weighted by Crippen LogP contribution is 2.29. The molecule has 0 saturated heterocycles. The molecule has 1 aromatic carbocycles. The Kier molecular flexibility index (Phi) is 8.17. The highest BCUT2D eigenvalue weighted by atomic mass is 16.5. The monoisotopic (exact) mass is 344 g/mol. The van der Waals surface area contributed by atoms with Crippen molar-refractivity contribution in [2.75, 3.05) is 6.61 Å². The van der Waals surface area contributed by atoms with E-state index in [1.54, 1.807) is 0 Å². The molecule has 0 amide bonds. The van der Waals surface area contributed by atoms with Gasteiger partial charge in [0.2, 0.25) is 0 Å². The molecule has 2 unspecified atom stereocenters. The Bertz CT molecular complexity index is 547. The third-order valence-corrected chi connectivity index (χ3v) is 5.28. The van der Waals surface area contributed by atoms with Gasteiger partial charge in [0.1, 0.15) is 17.3 Å². The molecule has 0 spiro atoms. The molecule has 2 rings (SSSR count). The molecule has 0 bridgehead atoms. The number of carbonyl (C=O) groups is 2. The first-order valence-corrected chi connectivity index (χ1v) is 9.91. The maximum Gasteiger partial charge on any atom is 0.147 e. The van der Waals surface area contributed by atoms with Crippen LogP contribution in [-0.4, -0.2) is 18.2 Å². The van der Waals surface area contributed by atoms with E-state index in [1.165, 1.54) is 19.3 Å². The van der Waals surface area contributed by atoms with Gasteiger partial charge in [-0.15, -0.1) is 0 Å². The van der Waals surface area contributed by atoms with Crippen LogP contribution in [0.15, 0.2) is 24.3 Å². The van der Waals surface area contributed by atoms with E-state index < -0.39 is 0 Å². The molecule has 0 radical (unpaired) electrons. The molecule has 1 fully saturated rings. The van der Waals surface area contributed by atoms with Crippen LogP contribution in [0, 0.1) is 11.8 Å². The molecule has 3 heteroatoms. The second-order valence-corrected chi connectivity index (χ2v) is 7.27. The van der Waals surface area contributed by atoms with Crippen LogP contribution >= 0.6 is 0 Å². The second-order valence-electron chi connectivity index (χ2n) is 7.27. The van der Waals surface area contributed by atoms with Crippen molar-refractivity contribution < 1.29 is 14.3 Å². The minimum absolute atomic E-state index is 0.0767. The summed E-state index contributed by atoms with van der Waals surface area (Å²) in [6.07, 6.45) is 8.47. The fourth-order valence-electron chi connectivity index (χ4n) is 3.53. The number of ether oxygens (including phenoxy) is 1. The van der Waals surface area contributed by atoms with Crippen LogP contribution in [0.5, 0.6) is 5.75 Å². The van der Waals surface area contributed by atoms with E-state index in [-0.39, 0.29) is 17.5 Å². The summed E-state index contributed by atoms with van der Waals surface area (Å²) in [6.45, 7) is 5.06. The molecule has 0 aromatic heterocycles. The normalized spacial score (nSPS) is 20.5. The first-order chi connectivity index (χ1) is 12.1. The minimum Gasteiger partial charge on any atom is -0.494 e. The van der Waals surface area contributed by atoms with Crippen LogP contribution in [0.25, 0.3) is 0 Å². The Hall–Kier alpha value is -1.64. The third kappa shape index (κ3) is 6.30. The lowest BCUT2D eigenvalue weighted by Crippen LogP contribution is -2.31. The van der Waals surface area contributed by atoms with Gasteiger partial charge in [0, 0.05) is 12.8 Å². The SMILES string of the molecule is CCCCCCOc1ccc(CC(=O)C2CCC(CC)CC2=O)cc1. The van der Waals surface area contributed by atoms with E-state index in [9.17, 15) is 9.59 Å². The molecular weight excluding hydrogens is 312 g/mol.